The van der Waals surface area contributed by atoms with Crippen molar-refractivity contribution in [1.29, 1.82) is 0 Å². The number of hydrogen-bond acceptors (Lipinski definition) is 9. The Morgan fingerprint density at radius 1 is 1.31 bits per heavy atom. The monoisotopic (exact) mass is 634 g/mol. The Labute approximate surface area is 257 Å². The standard InChI is InChI=1S/C28H32ClFN6O4S2/c1-4-40-25(37)21-20(14-34-8-9-36-17(12-34)13-35(27(36)41)15-28(2,3)26(38)39)32-23(24-31-7-10-42-24)33-22(21)18-6-5-16(30)11-19(18)29/h5-7,10-11,17,22H,4,8-9,12-15H2,1-3H3,(H,32,33)(H,38,39)/t17-,22?/m0/s1. The lowest BCUT2D eigenvalue weighted by Crippen LogP contribution is -2.53. The number of carbonyl (C=O) groups excluding carboxylic acids is 1. The maximum absolute atomic E-state index is 14.0. The molecular weight excluding hydrogens is 603 g/mol. The van der Waals surface area contributed by atoms with Gasteiger partial charge in [0.05, 0.1) is 23.6 Å². The van der Waals surface area contributed by atoms with Crippen molar-refractivity contribution in [3.05, 3.63) is 62.5 Å². The zero-order valence-corrected chi connectivity index (χ0v) is 25.9. The summed E-state index contributed by atoms with van der Waals surface area (Å²) < 4.78 is 19.4. The molecule has 1 unspecified atom stereocenters. The number of thiocarbonyl (C=S) groups is 1. The molecule has 2 aromatic rings. The van der Waals surface area contributed by atoms with Gasteiger partial charge in [0, 0.05) is 67.1 Å². The number of ether oxygens (including phenoxy) is 1. The summed E-state index contributed by atoms with van der Waals surface area (Å²) in [6.07, 6.45) is 1.67. The number of aromatic nitrogens is 1. The fourth-order valence-electron chi connectivity index (χ4n) is 5.45. The molecule has 224 valence electrons. The van der Waals surface area contributed by atoms with E-state index in [9.17, 15) is 19.1 Å². The third-order valence-electron chi connectivity index (χ3n) is 7.57. The molecule has 0 radical (unpaired) electrons. The minimum atomic E-state index is -0.939. The Morgan fingerprint density at radius 2 is 2.10 bits per heavy atom. The SMILES string of the molecule is CCOC(=O)C1=C(CN2CCN3C(=S)N(CC(C)(C)C(=O)O)C[C@@H]3C2)NC(c2nccs2)=NC1c1ccc(F)cc1Cl. The van der Waals surface area contributed by atoms with Crippen LogP contribution < -0.4 is 5.32 Å². The lowest BCUT2D eigenvalue weighted by molar-refractivity contribution is -0.147. The van der Waals surface area contributed by atoms with Crippen molar-refractivity contribution >= 4 is 58.0 Å². The van der Waals surface area contributed by atoms with Gasteiger partial charge in [0.25, 0.3) is 0 Å². The number of fused-ring (bicyclic) bond motifs is 1. The van der Waals surface area contributed by atoms with Crippen LogP contribution in [0.25, 0.3) is 0 Å². The Balaban J connectivity index is 1.45. The number of nitrogens with zero attached hydrogens (tertiary/aromatic N) is 5. The Bertz CT molecular complexity index is 1450. The number of carboxylic acids is 1. The van der Waals surface area contributed by atoms with Gasteiger partial charge in [0.2, 0.25) is 0 Å². The van der Waals surface area contributed by atoms with E-state index >= 15 is 0 Å². The summed E-state index contributed by atoms with van der Waals surface area (Å²) in [5.41, 5.74) is 0.458. The summed E-state index contributed by atoms with van der Waals surface area (Å²) in [5, 5.41) is 16.3. The van der Waals surface area contributed by atoms with Crippen LogP contribution in [0.4, 0.5) is 4.39 Å². The highest BCUT2D eigenvalue weighted by molar-refractivity contribution is 7.80. The summed E-state index contributed by atoms with van der Waals surface area (Å²) in [4.78, 5) is 40.8. The van der Waals surface area contributed by atoms with E-state index in [0.717, 1.165) is 0 Å². The summed E-state index contributed by atoms with van der Waals surface area (Å²) >= 11 is 13.6. The van der Waals surface area contributed by atoms with E-state index in [1.54, 1.807) is 33.0 Å². The summed E-state index contributed by atoms with van der Waals surface area (Å²) in [6, 6.07) is 3.28. The van der Waals surface area contributed by atoms with E-state index in [2.05, 4.69) is 20.1 Å². The number of carboxylic acid groups (broad SMARTS) is 1. The molecule has 1 aromatic carbocycles. The van der Waals surface area contributed by atoms with Crippen LogP contribution in [0, 0.1) is 11.2 Å². The summed E-state index contributed by atoms with van der Waals surface area (Å²) in [6.45, 7) is 8.60. The third-order valence-corrected chi connectivity index (χ3v) is 9.17. The lowest BCUT2D eigenvalue weighted by atomic mass is 9.93. The van der Waals surface area contributed by atoms with Crippen molar-refractivity contribution in [3.8, 4) is 0 Å². The molecule has 3 aliphatic heterocycles. The van der Waals surface area contributed by atoms with Gasteiger partial charge in [-0.2, -0.15) is 0 Å². The molecule has 0 aliphatic carbocycles. The molecule has 1 aromatic heterocycles. The predicted octanol–water partition coefficient (Wildman–Crippen LogP) is 3.54. The van der Waals surface area contributed by atoms with Crippen molar-refractivity contribution < 1.29 is 23.8 Å². The highest BCUT2D eigenvalue weighted by Crippen LogP contribution is 2.37. The van der Waals surface area contributed by atoms with E-state index in [-0.39, 0.29) is 17.7 Å². The van der Waals surface area contributed by atoms with Gasteiger partial charge in [-0.1, -0.05) is 17.7 Å². The average molecular weight is 635 g/mol. The largest absolute Gasteiger partial charge is 0.481 e. The van der Waals surface area contributed by atoms with E-state index in [1.165, 1.54) is 23.5 Å². The number of halogens is 2. The quantitative estimate of drug-likeness (QED) is 0.314. The van der Waals surface area contributed by atoms with Crippen LogP contribution >= 0.6 is 35.2 Å². The number of amidine groups is 1. The second kappa shape index (κ2) is 12.2. The molecule has 2 fully saturated rings. The first-order valence-corrected chi connectivity index (χ1v) is 15.3. The molecule has 3 aliphatic rings. The molecule has 14 heteroatoms. The van der Waals surface area contributed by atoms with Gasteiger partial charge >= 0.3 is 11.9 Å². The molecule has 4 heterocycles. The van der Waals surface area contributed by atoms with Crippen molar-refractivity contribution in [3.63, 3.8) is 0 Å². The molecule has 2 atom stereocenters. The smallest absolute Gasteiger partial charge is 0.338 e. The third kappa shape index (κ3) is 6.14. The molecular formula is C28H32ClFN6O4S2. The lowest BCUT2D eigenvalue weighted by Gasteiger charge is -2.38. The average Bonchev–Trinajstić information content (AvgIpc) is 3.57. The highest BCUT2D eigenvalue weighted by Gasteiger charge is 2.42. The van der Waals surface area contributed by atoms with E-state index in [0.29, 0.717) is 72.1 Å². The fourth-order valence-corrected chi connectivity index (χ4v) is 6.69. The van der Waals surface area contributed by atoms with E-state index in [4.69, 9.17) is 33.5 Å². The minimum Gasteiger partial charge on any atom is -0.481 e. The fraction of sp³-hybridized carbons (Fsp3) is 0.464. The van der Waals surface area contributed by atoms with Gasteiger partial charge in [-0.3, -0.25) is 14.7 Å². The number of esters is 1. The van der Waals surface area contributed by atoms with Crippen LogP contribution in [-0.2, 0) is 14.3 Å². The zero-order valence-electron chi connectivity index (χ0n) is 23.5. The van der Waals surface area contributed by atoms with Crippen LogP contribution in [0.1, 0.15) is 37.4 Å². The number of aliphatic carboxylic acids is 1. The number of hydrogen-bond donors (Lipinski definition) is 2. The number of piperazine rings is 1. The number of aliphatic imine (C=N–C) groups is 1. The first kappa shape index (κ1) is 30.3. The Morgan fingerprint density at radius 3 is 2.76 bits per heavy atom. The first-order valence-electron chi connectivity index (χ1n) is 13.6. The molecule has 0 spiro atoms. The topological polar surface area (TPSA) is 111 Å². The first-order chi connectivity index (χ1) is 20.0. The molecule has 5 rings (SSSR count). The highest BCUT2D eigenvalue weighted by atomic mass is 35.5. The second-order valence-electron chi connectivity index (χ2n) is 11.1. The van der Waals surface area contributed by atoms with Gasteiger partial charge in [-0.25, -0.2) is 14.2 Å². The second-order valence-corrected chi connectivity index (χ2v) is 12.7. The molecule has 42 heavy (non-hydrogen) atoms. The predicted molar refractivity (Wildman–Crippen MR) is 162 cm³/mol. The van der Waals surface area contributed by atoms with Crippen molar-refractivity contribution in [1.82, 2.24) is 25.0 Å². The van der Waals surface area contributed by atoms with Gasteiger partial charge < -0.3 is 25.0 Å². The molecule has 0 bridgehead atoms. The maximum atomic E-state index is 14.0. The van der Waals surface area contributed by atoms with Gasteiger partial charge in [-0.05, 0) is 45.1 Å². The Hall–Kier alpha value is -3.13. The summed E-state index contributed by atoms with van der Waals surface area (Å²) in [7, 11) is 0. The number of rotatable bonds is 9. The molecule has 2 N–H and O–H groups in total. The molecule has 0 amide bonds. The van der Waals surface area contributed by atoms with Crippen LogP contribution in [0.15, 0.2) is 46.0 Å². The zero-order chi connectivity index (χ0) is 30.2. The maximum Gasteiger partial charge on any atom is 0.338 e. The number of nitrogens with one attached hydrogen (secondary N) is 1. The van der Waals surface area contributed by atoms with Crippen molar-refractivity contribution in [2.45, 2.75) is 32.9 Å². The van der Waals surface area contributed by atoms with Crippen LogP contribution in [0.2, 0.25) is 5.02 Å². The van der Waals surface area contributed by atoms with Crippen LogP contribution in [0.3, 0.4) is 0 Å². The van der Waals surface area contributed by atoms with Gasteiger partial charge in [0.1, 0.15) is 11.9 Å². The minimum absolute atomic E-state index is 0.0699. The van der Waals surface area contributed by atoms with E-state index in [1.807, 2.05) is 10.3 Å². The van der Waals surface area contributed by atoms with Gasteiger partial charge in [0.15, 0.2) is 16.0 Å². The van der Waals surface area contributed by atoms with Crippen molar-refractivity contribution in [2.75, 3.05) is 45.9 Å². The summed E-state index contributed by atoms with van der Waals surface area (Å²) in [5.74, 6) is -1.40. The normalized spacial score (nSPS) is 21.3. The van der Waals surface area contributed by atoms with E-state index < -0.39 is 29.2 Å². The molecule has 0 saturated carbocycles. The van der Waals surface area contributed by atoms with Crippen LogP contribution in [-0.4, -0.2) is 99.6 Å². The Kier molecular flexibility index (Phi) is 8.83. The van der Waals surface area contributed by atoms with Crippen LogP contribution in [0.5, 0.6) is 0 Å². The number of benzene rings is 1. The van der Waals surface area contributed by atoms with Crippen molar-refractivity contribution in [2.24, 2.45) is 10.4 Å². The number of carbonyl (C=O) groups is 2. The molecule has 2 saturated heterocycles. The molecule has 10 nitrogen and oxygen atoms in total. The van der Waals surface area contributed by atoms with Gasteiger partial charge in [-0.15, -0.1) is 11.3 Å². The number of thiazole rings is 1.